The van der Waals surface area contributed by atoms with Crippen molar-refractivity contribution >= 4 is 28.7 Å². The predicted octanol–water partition coefficient (Wildman–Crippen LogP) is 3.36. The second-order valence-corrected chi connectivity index (χ2v) is 7.41. The molecule has 28 heavy (non-hydrogen) atoms. The fraction of sp³-hybridized carbons (Fsp3) is 0.300. The van der Waals surface area contributed by atoms with Gasteiger partial charge in [0.05, 0.1) is 44.7 Å². The summed E-state index contributed by atoms with van der Waals surface area (Å²) in [5.41, 5.74) is 2.77. The molecule has 1 atom stereocenters. The van der Waals surface area contributed by atoms with Crippen LogP contribution in [0.2, 0.25) is 0 Å². The van der Waals surface area contributed by atoms with Gasteiger partial charge in [0, 0.05) is 0 Å². The van der Waals surface area contributed by atoms with Crippen LogP contribution in [0, 0.1) is 0 Å². The summed E-state index contributed by atoms with van der Waals surface area (Å²) in [7, 11) is 4.74. The second kappa shape index (κ2) is 7.63. The van der Waals surface area contributed by atoms with Crippen molar-refractivity contribution in [2.45, 2.75) is 11.9 Å². The molecule has 1 fully saturated rings. The average molecular weight is 399 g/mol. The Hall–Kier alpha value is -2.87. The van der Waals surface area contributed by atoms with Crippen molar-refractivity contribution in [3.05, 3.63) is 47.8 Å². The van der Waals surface area contributed by atoms with Crippen LogP contribution in [0.4, 0.5) is 0 Å². The lowest BCUT2D eigenvalue weighted by Gasteiger charge is -2.24. The number of carbonyl (C=O) groups excluding carboxylic acids is 1. The van der Waals surface area contributed by atoms with E-state index in [2.05, 4.69) is 9.97 Å². The van der Waals surface area contributed by atoms with Crippen molar-refractivity contribution in [3.8, 4) is 17.2 Å². The van der Waals surface area contributed by atoms with Gasteiger partial charge in [-0.3, -0.25) is 4.79 Å². The molecule has 0 bridgehead atoms. The Morgan fingerprint density at radius 1 is 1.14 bits per heavy atom. The average Bonchev–Trinajstić information content (AvgIpc) is 3.30. The number of nitrogens with zero attached hydrogens (tertiary/aromatic N) is 2. The van der Waals surface area contributed by atoms with Crippen LogP contribution in [-0.2, 0) is 11.3 Å². The predicted molar refractivity (Wildman–Crippen MR) is 108 cm³/mol. The summed E-state index contributed by atoms with van der Waals surface area (Å²) in [5, 5.41) is -0.158. The van der Waals surface area contributed by atoms with Gasteiger partial charge in [-0.2, -0.15) is 0 Å². The van der Waals surface area contributed by atoms with Crippen LogP contribution in [0.15, 0.2) is 36.4 Å². The van der Waals surface area contributed by atoms with Gasteiger partial charge in [0.1, 0.15) is 11.2 Å². The molecule has 2 aromatic carbocycles. The highest BCUT2D eigenvalue weighted by atomic mass is 32.2. The first-order chi connectivity index (χ1) is 13.6. The van der Waals surface area contributed by atoms with Crippen LogP contribution in [0.25, 0.3) is 11.0 Å². The van der Waals surface area contributed by atoms with Crippen LogP contribution >= 0.6 is 11.8 Å². The lowest BCUT2D eigenvalue weighted by Crippen LogP contribution is -2.28. The summed E-state index contributed by atoms with van der Waals surface area (Å²) < 4.78 is 16.3. The maximum absolute atomic E-state index is 12.6. The normalized spacial score (nSPS) is 16.6. The molecule has 146 valence electrons. The van der Waals surface area contributed by atoms with E-state index in [1.807, 2.05) is 41.3 Å². The van der Waals surface area contributed by atoms with Crippen molar-refractivity contribution in [3.63, 3.8) is 0 Å². The van der Waals surface area contributed by atoms with E-state index in [9.17, 15) is 4.79 Å². The molecule has 0 radical (unpaired) electrons. The largest absolute Gasteiger partial charge is 0.493 e. The number of methoxy groups -OCH3 is 3. The van der Waals surface area contributed by atoms with E-state index < -0.39 is 0 Å². The van der Waals surface area contributed by atoms with E-state index >= 15 is 0 Å². The molecule has 4 rings (SSSR count). The van der Waals surface area contributed by atoms with Gasteiger partial charge in [0.15, 0.2) is 11.5 Å². The number of carbonyl (C=O) groups is 1. The smallest absolute Gasteiger partial charge is 0.234 e. The van der Waals surface area contributed by atoms with Gasteiger partial charge in [-0.15, -0.1) is 11.8 Å². The van der Waals surface area contributed by atoms with Gasteiger partial charge < -0.3 is 24.1 Å². The maximum Gasteiger partial charge on any atom is 0.234 e. The lowest BCUT2D eigenvalue weighted by atomic mass is 10.1. The summed E-state index contributed by atoms with van der Waals surface area (Å²) in [6.07, 6.45) is 0. The molecule has 2 heterocycles. The number of hydrogen-bond acceptors (Lipinski definition) is 6. The summed E-state index contributed by atoms with van der Waals surface area (Å²) in [6.45, 7) is 0.405. The van der Waals surface area contributed by atoms with Gasteiger partial charge in [-0.1, -0.05) is 12.1 Å². The number of aromatic amines is 1. The molecule has 3 aromatic rings. The molecule has 1 aliphatic rings. The Bertz CT molecular complexity index is 962. The zero-order valence-electron chi connectivity index (χ0n) is 15.9. The first-order valence-corrected chi connectivity index (χ1v) is 9.84. The fourth-order valence-corrected chi connectivity index (χ4v) is 4.55. The number of H-pyrrole nitrogens is 1. The molecule has 1 aliphatic heterocycles. The number of nitrogens with one attached hydrogen (secondary N) is 1. The zero-order chi connectivity index (χ0) is 19.7. The standard InChI is InChI=1S/C20H21N3O4S/c1-25-15-8-12(9-16(26-2)19(15)27-3)20-23(18(24)11-28-20)10-17-21-13-6-4-5-7-14(13)22-17/h4-9,20H,10-11H2,1-3H3,(H,21,22). The van der Waals surface area contributed by atoms with Crippen LogP contribution in [-0.4, -0.2) is 47.9 Å². The molecule has 1 N–H and O–H groups in total. The third-order valence-electron chi connectivity index (χ3n) is 4.70. The molecule has 1 saturated heterocycles. The molecule has 1 aromatic heterocycles. The van der Waals surface area contributed by atoms with E-state index in [4.69, 9.17) is 14.2 Å². The minimum absolute atomic E-state index is 0.0733. The number of amides is 1. The Kier molecular flexibility index (Phi) is 5.04. The number of fused-ring (bicyclic) bond motifs is 1. The monoisotopic (exact) mass is 399 g/mol. The maximum atomic E-state index is 12.6. The molecule has 1 amide bonds. The molecular weight excluding hydrogens is 378 g/mol. The highest BCUT2D eigenvalue weighted by Crippen LogP contribution is 2.46. The number of imidazole rings is 1. The van der Waals surface area contributed by atoms with Gasteiger partial charge in [-0.25, -0.2) is 4.98 Å². The van der Waals surface area contributed by atoms with Crippen molar-refractivity contribution in [1.82, 2.24) is 14.9 Å². The summed E-state index contributed by atoms with van der Waals surface area (Å²) in [6, 6.07) is 11.6. The summed E-state index contributed by atoms with van der Waals surface area (Å²) >= 11 is 1.57. The molecule has 0 aliphatic carbocycles. The third kappa shape index (κ3) is 3.24. The molecule has 0 saturated carbocycles. The van der Waals surface area contributed by atoms with Crippen molar-refractivity contribution in [2.24, 2.45) is 0 Å². The van der Waals surface area contributed by atoms with Gasteiger partial charge >= 0.3 is 0 Å². The summed E-state index contributed by atoms with van der Waals surface area (Å²) in [4.78, 5) is 22.3. The SMILES string of the molecule is COc1cc(C2SCC(=O)N2Cc2nc3ccccc3[nH]2)cc(OC)c1OC. The van der Waals surface area contributed by atoms with Crippen LogP contribution in [0.1, 0.15) is 16.8 Å². The van der Waals surface area contributed by atoms with Crippen LogP contribution < -0.4 is 14.2 Å². The Morgan fingerprint density at radius 2 is 1.86 bits per heavy atom. The second-order valence-electron chi connectivity index (χ2n) is 6.34. The van der Waals surface area contributed by atoms with E-state index in [1.54, 1.807) is 33.1 Å². The first-order valence-electron chi connectivity index (χ1n) is 8.79. The number of aromatic nitrogens is 2. The first kappa shape index (κ1) is 18.5. The number of para-hydroxylation sites is 2. The zero-order valence-corrected chi connectivity index (χ0v) is 16.7. The molecular formula is C20H21N3O4S. The van der Waals surface area contributed by atoms with Gasteiger partial charge in [0.25, 0.3) is 0 Å². The van der Waals surface area contributed by atoms with E-state index in [0.717, 1.165) is 22.4 Å². The van der Waals surface area contributed by atoms with E-state index in [1.165, 1.54) is 0 Å². The quantitative estimate of drug-likeness (QED) is 0.685. The highest BCUT2D eigenvalue weighted by Gasteiger charge is 2.34. The molecule has 8 heteroatoms. The Morgan fingerprint density at radius 3 is 2.50 bits per heavy atom. The Labute approximate surface area is 167 Å². The van der Waals surface area contributed by atoms with Crippen molar-refractivity contribution < 1.29 is 19.0 Å². The van der Waals surface area contributed by atoms with Crippen LogP contribution in [0.3, 0.4) is 0 Å². The Balaban J connectivity index is 1.67. The molecule has 7 nitrogen and oxygen atoms in total. The van der Waals surface area contributed by atoms with Gasteiger partial charge in [0.2, 0.25) is 11.7 Å². The number of hydrogen-bond donors (Lipinski definition) is 1. The van der Waals surface area contributed by atoms with Crippen molar-refractivity contribution in [2.75, 3.05) is 27.1 Å². The third-order valence-corrected chi connectivity index (χ3v) is 5.95. The van der Waals surface area contributed by atoms with Crippen molar-refractivity contribution in [1.29, 1.82) is 0 Å². The van der Waals surface area contributed by atoms with E-state index in [-0.39, 0.29) is 11.3 Å². The van der Waals surface area contributed by atoms with Crippen LogP contribution in [0.5, 0.6) is 17.2 Å². The minimum Gasteiger partial charge on any atom is -0.493 e. The fourth-order valence-electron chi connectivity index (χ4n) is 3.39. The topological polar surface area (TPSA) is 76.7 Å². The van der Waals surface area contributed by atoms with E-state index in [0.29, 0.717) is 29.5 Å². The number of benzene rings is 2. The highest BCUT2D eigenvalue weighted by molar-refractivity contribution is 8.00. The molecule has 0 spiro atoms. The number of rotatable bonds is 6. The lowest BCUT2D eigenvalue weighted by molar-refractivity contribution is -0.128. The minimum atomic E-state index is -0.158. The number of ether oxygens (including phenoxy) is 3. The molecule has 1 unspecified atom stereocenters. The number of thioether (sulfide) groups is 1. The summed E-state index contributed by atoms with van der Waals surface area (Å²) in [5.74, 6) is 2.92. The van der Waals surface area contributed by atoms with Gasteiger partial charge in [-0.05, 0) is 29.8 Å².